The number of hydrogen-bond donors (Lipinski definition) is 0. The summed E-state index contributed by atoms with van der Waals surface area (Å²) < 4.78 is 6.54. The fourth-order valence-corrected chi connectivity index (χ4v) is 2.14. The molecule has 0 aliphatic heterocycles. The monoisotopic (exact) mass is 278 g/mol. The number of benzene rings is 1. The molecule has 0 spiro atoms. The highest BCUT2D eigenvalue weighted by atomic mass is 35.5. The first kappa shape index (κ1) is 13.6. The van der Waals surface area contributed by atoms with Gasteiger partial charge >= 0.3 is 0 Å². The van der Waals surface area contributed by atoms with Gasteiger partial charge in [-0.2, -0.15) is 5.10 Å². The van der Waals surface area contributed by atoms with Crippen LogP contribution in [-0.2, 0) is 12.9 Å². The van der Waals surface area contributed by atoms with Crippen LogP contribution in [0.5, 0.6) is 5.75 Å². The number of hydrogen-bond acceptors (Lipinski definition) is 3. The number of aromatic nitrogens is 2. The first-order valence-corrected chi connectivity index (χ1v) is 6.38. The van der Waals surface area contributed by atoms with E-state index in [1.54, 1.807) is 20.2 Å². The van der Waals surface area contributed by atoms with Crippen molar-refractivity contribution in [3.63, 3.8) is 0 Å². The summed E-state index contributed by atoms with van der Waals surface area (Å²) in [6.45, 7) is 1.97. The van der Waals surface area contributed by atoms with Crippen LogP contribution in [0.25, 0.3) is 11.3 Å². The summed E-state index contributed by atoms with van der Waals surface area (Å²) in [6, 6.07) is 7.51. The number of ether oxygens (including phenoxy) is 1. The van der Waals surface area contributed by atoms with Gasteiger partial charge in [0.05, 0.1) is 18.7 Å². The summed E-state index contributed by atoms with van der Waals surface area (Å²) in [5.74, 6) is 1.00. The molecule has 0 bridgehead atoms. The van der Waals surface area contributed by atoms with Gasteiger partial charge in [-0.3, -0.25) is 4.79 Å². The summed E-state index contributed by atoms with van der Waals surface area (Å²) >= 11 is 5.78. The van der Waals surface area contributed by atoms with Gasteiger partial charge in [0.15, 0.2) is 0 Å². The van der Waals surface area contributed by atoms with Crippen LogP contribution in [0, 0.1) is 6.92 Å². The van der Waals surface area contributed by atoms with Crippen LogP contribution in [0.4, 0.5) is 0 Å². The third kappa shape index (κ3) is 2.63. The average Bonchev–Trinajstić information content (AvgIpc) is 2.41. The van der Waals surface area contributed by atoms with Crippen LogP contribution in [0.1, 0.15) is 11.1 Å². The third-order valence-electron chi connectivity index (χ3n) is 2.97. The lowest BCUT2D eigenvalue weighted by atomic mass is 10.1. The molecule has 1 aromatic heterocycles. The highest BCUT2D eigenvalue weighted by Gasteiger charge is 2.08. The van der Waals surface area contributed by atoms with Crippen molar-refractivity contribution in [2.45, 2.75) is 12.8 Å². The van der Waals surface area contributed by atoms with Crippen molar-refractivity contribution in [3.05, 3.63) is 45.7 Å². The third-order valence-corrected chi connectivity index (χ3v) is 3.26. The second-order valence-electron chi connectivity index (χ2n) is 4.30. The Bertz CT molecular complexity index is 665. The highest BCUT2D eigenvalue weighted by Crippen LogP contribution is 2.24. The molecular formula is C14H15ClN2O2. The Labute approximate surface area is 116 Å². The van der Waals surface area contributed by atoms with Crippen LogP contribution in [-0.4, -0.2) is 16.9 Å². The Morgan fingerprint density at radius 1 is 1.37 bits per heavy atom. The molecule has 0 atom stereocenters. The second kappa shape index (κ2) is 5.45. The predicted molar refractivity (Wildman–Crippen MR) is 75.8 cm³/mol. The molecule has 1 heterocycles. The minimum Gasteiger partial charge on any atom is -0.496 e. The lowest BCUT2D eigenvalue weighted by Gasteiger charge is -2.09. The maximum Gasteiger partial charge on any atom is 0.270 e. The van der Waals surface area contributed by atoms with Crippen LogP contribution in [0.2, 0.25) is 0 Å². The standard InChI is InChI=1S/C14H15ClN2O2/c1-9-6-10(4-5-13(9)19-3)12-7-11(8-15)14(18)17(2)16-12/h4-7H,8H2,1-3H3. The molecule has 0 aliphatic carbocycles. The molecule has 0 saturated carbocycles. The summed E-state index contributed by atoms with van der Waals surface area (Å²) in [7, 11) is 3.26. The second-order valence-corrected chi connectivity index (χ2v) is 4.57. The smallest absolute Gasteiger partial charge is 0.270 e. The summed E-state index contributed by atoms with van der Waals surface area (Å²) in [4.78, 5) is 11.7. The molecular weight excluding hydrogens is 264 g/mol. The zero-order valence-corrected chi connectivity index (χ0v) is 11.9. The Morgan fingerprint density at radius 2 is 2.11 bits per heavy atom. The molecule has 4 nitrogen and oxygen atoms in total. The number of methoxy groups -OCH3 is 1. The van der Waals surface area contributed by atoms with E-state index in [-0.39, 0.29) is 11.4 Å². The van der Waals surface area contributed by atoms with E-state index in [9.17, 15) is 4.79 Å². The molecule has 2 rings (SSSR count). The molecule has 5 heteroatoms. The fourth-order valence-electron chi connectivity index (χ4n) is 1.95. The molecule has 0 saturated heterocycles. The van der Waals surface area contributed by atoms with E-state index in [4.69, 9.17) is 16.3 Å². The van der Waals surface area contributed by atoms with Gasteiger partial charge in [-0.25, -0.2) is 4.68 Å². The largest absolute Gasteiger partial charge is 0.496 e. The van der Waals surface area contributed by atoms with Crippen molar-refractivity contribution in [3.8, 4) is 17.0 Å². The maximum absolute atomic E-state index is 11.7. The van der Waals surface area contributed by atoms with Gasteiger partial charge in [-0.15, -0.1) is 11.6 Å². The van der Waals surface area contributed by atoms with Crippen LogP contribution in [0.3, 0.4) is 0 Å². The van der Waals surface area contributed by atoms with E-state index in [2.05, 4.69) is 5.10 Å². The molecule has 1 aromatic carbocycles. The molecule has 0 amide bonds. The molecule has 100 valence electrons. The number of nitrogens with zero attached hydrogens (tertiary/aromatic N) is 2. The maximum atomic E-state index is 11.7. The number of halogens is 1. The van der Waals surface area contributed by atoms with E-state index in [0.29, 0.717) is 5.56 Å². The normalized spacial score (nSPS) is 10.5. The SMILES string of the molecule is COc1ccc(-c2cc(CCl)c(=O)n(C)n2)cc1C. The van der Waals surface area contributed by atoms with E-state index in [0.717, 1.165) is 22.6 Å². The number of rotatable bonds is 3. The number of alkyl halides is 1. The molecule has 0 N–H and O–H groups in total. The van der Waals surface area contributed by atoms with Crippen molar-refractivity contribution >= 4 is 11.6 Å². The summed E-state index contributed by atoms with van der Waals surface area (Å²) in [5.41, 5.74) is 3.05. The van der Waals surface area contributed by atoms with Crippen LogP contribution in [0.15, 0.2) is 29.1 Å². The van der Waals surface area contributed by atoms with Crippen molar-refractivity contribution in [2.24, 2.45) is 7.05 Å². The van der Waals surface area contributed by atoms with Gasteiger partial charge in [0.25, 0.3) is 5.56 Å². The van der Waals surface area contributed by atoms with E-state index >= 15 is 0 Å². The molecule has 0 fully saturated rings. The van der Waals surface area contributed by atoms with Gasteiger partial charge in [0, 0.05) is 18.2 Å². The summed E-state index contributed by atoms with van der Waals surface area (Å²) in [6.07, 6.45) is 0. The first-order valence-electron chi connectivity index (χ1n) is 5.85. The van der Waals surface area contributed by atoms with Crippen molar-refractivity contribution < 1.29 is 4.74 Å². The Kier molecular flexibility index (Phi) is 3.90. The summed E-state index contributed by atoms with van der Waals surface area (Å²) in [5, 5.41) is 4.25. The lowest BCUT2D eigenvalue weighted by Crippen LogP contribution is -2.23. The Hall–Kier alpha value is -1.81. The first-order chi connectivity index (χ1) is 9.06. The number of aryl methyl sites for hydroxylation is 2. The molecule has 19 heavy (non-hydrogen) atoms. The highest BCUT2D eigenvalue weighted by molar-refractivity contribution is 6.17. The van der Waals surface area contributed by atoms with Crippen molar-refractivity contribution in [2.75, 3.05) is 7.11 Å². The van der Waals surface area contributed by atoms with Crippen LogP contribution >= 0.6 is 11.6 Å². The average molecular weight is 279 g/mol. The predicted octanol–water partition coefficient (Wildman–Crippen LogP) is 2.50. The quantitative estimate of drug-likeness (QED) is 0.811. The van der Waals surface area contributed by atoms with Gasteiger partial charge < -0.3 is 4.74 Å². The zero-order chi connectivity index (χ0) is 14.0. The van der Waals surface area contributed by atoms with Crippen LogP contribution < -0.4 is 10.3 Å². The van der Waals surface area contributed by atoms with Crippen molar-refractivity contribution in [1.29, 1.82) is 0 Å². The van der Waals surface area contributed by atoms with Gasteiger partial charge in [-0.1, -0.05) is 0 Å². The molecule has 2 aromatic rings. The van der Waals surface area contributed by atoms with Gasteiger partial charge in [0.1, 0.15) is 5.75 Å². The minimum absolute atomic E-state index is 0.163. The zero-order valence-electron chi connectivity index (χ0n) is 11.1. The van der Waals surface area contributed by atoms with Crippen molar-refractivity contribution in [1.82, 2.24) is 9.78 Å². The fraction of sp³-hybridized carbons (Fsp3) is 0.286. The lowest BCUT2D eigenvalue weighted by molar-refractivity contribution is 0.412. The topological polar surface area (TPSA) is 44.1 Å². The molecule has 0 aliphatic rings. The van der Waals surface area contributed by atoms with Gasteiger partial charge in [0.2, 0.25) is 0 Å². The molecule has 0 radical (unpaired) electrons. The Morgan fingerprint density at radius 3 is 2.68 bits per heavy atom. The Balaban J connectivity index is 2.56. The van der Waals surface area contributed by atoms with E-state index < -0.39 is 0 Å². The van der Waals surface area contributed by atoms with Gasteiger partial charge in [-0.05, 0) is 36.8 Å². The van der Waals surface area contributed by atoms with E-state index in [1.165, 1.54) is 4.68 Å². The van der Waals surface area contributed by atoms with E-state index in [1.807, 2.05) is 25.1 Å². The molecule has 0 unspecified atom stereocenters. The minimum atomic E-state index is -0.163.